The molecule has 0 saturated carbocycles. The normalized spacial score (nSPS) is 12.1. The molecule has 0 saturated heterocycles. The fraction of sp³-hybridized carbons (Fsp3) is 0.100. The third-order valence-electron chi connectivity index (χ3n) is 4.58. The molecule has 0 radical (unpaired) electrons. The molecule has 0 bridgehead atoms. The maximum Gasteiger partial charge on any atom is 0.261 e. The molecule has 0 unspecified atom stereocenters. The van der Waals surface area contributed by atoms with Crippen molar-refractivity contribution in [1.82, 2.24) is 14.4 Å². The summed E-state index contributed by atoms with van der Waals surface area (Å²) in [6, 6.07) is 12.3. The molecule has 5 rings (SSSR count). The van der Waals surface area contributed by atoms with Crippen LogP contribution in [0.3, 0.4) is 0 Å². The van der Waals surface area contributed by atoms with Gasteiger partial charge in [-0.05, 0) is 44.2 Å². The molecule has 2 aromatic carbocycles. The standard InChI is InChI=1S/C20H16N4O2S3/c1-12-11-27-20-22-18(10-24(12)20)14-4-3-5-15(8-14)23-29(25,26)16-6-7-17-19(9-16)28-13(2)21-17/h3-11,23H,1-2H3. The van der Waals surface area contributed by atoms with Crippen LogP contribution in [0.2, 0.25) is 0 Å². The molecule has 1 N–H and O–H groups in total. The second-order valence-corrected chi connectivity index (χ2v) is 10.5. The number of nitrogens with zero attached hydrogens (tertiary/aromatic N) is 3. The van der Waals surface area contributed by atoms with Crippen molar-refractivity contribution in [2.75, 3.05) is 4.72 Å². The minimum atomic E-state index is -3.71. The number of rotatable bonds is 4. The molecule has 0 aliphatic heterocycles. The highest BCUT2D eigenvalue weighted by molar-refractivity contribution is 7.92. The van der Waals surface area contributed by atoms with E-state index in [1.807, 2.05) is 36.6 Å². The maximum absolute atomic E-state index is 12.9. The monoisotopic (exact) mass is 440 g/mol. The Morgan fingerprint density at radius 2 is 1.93 bits per heavy atom. The first-order valence-electron chi connectivity index (χ1n) is 8.83. The van der Waals surface area contributed by atoms with Gasteiger partial charge in [-0.1, -0.05) is 12.1 Å². The first-order valence-corrected chi connectivity index (χ1v) is 12.0. The van der Waals surface area contributed by atoms with Crippen molar-refractivity contribution < 1.29 is 8.42 Å². The minimum absolute atomic E-state index is 0.220. The van der Waals surface area contributed by atoms with Crippen LogP contribution in [-0.4, -0.2) is 22.8 Å². The smallest absolute Gasteiger partial charge is 0.261 e. The van der Waals surface area contributed by atoms with Gasteiger partial charge in [0, 0.05) is 28.5 Å². The Morgan fingerprint density at radius 3 is 2.76 bits per heavy atom. The van der Waals surface area contributed by atoms with Crippen LogP contribution in [0.5, 0.6) is 0 Å². The summed E-state index contributed by atoms with van der Waals surface area (Å²) < 4.78 is 31.4. The topological polar surface area (TPSA) is 76.4 Å². The van der Waals surface area contributed by atoms with E-state index in [1.165, 1.54) is 11.3 Å². The summed E-state index contributed by atoms with van der Waals surface area (Å²) in [5.41, 5.74) is 4.09. The van der Waals surface area contributed by atoms with E-state index in [1.54, 1.807) is 41.7 Å². The largest absolute Gasteiger partial charge is 0.294 e. The number of benzene rings is 2. The van der Waals surface area contributed by atoms with Gasteiger partial charge >= 0.3 is 0 Å². The van der Waals surface area contributed by atoms with Crippen molar-refractivity contribution in [3.63, 3.8) is 0 Å². The second kappa shape index (κ2) is 6.65. The number of anilines is 1. The first-order chi connectivity index (χ1) is 13.9. The van der Waals surface area contributed by atoms with Gasteiger partial charge in [0.05, 0.1) is 25.8 Å². The number of imidazole rings is 1. The van der Waals surface area contributed by atoms with Gasteiger partial charge in [-0.2, -0.15) is 0 Å². The molecule has 6 nitrogen and oxygen atoms in total. The van der Waals surface area contributed by atoms with Crippen molar-refractivity contribution in [2.45, 2.75) is 18.7 Å². The summed E-state index contributed by atoms with van der Waals surface area (Å²) in [4.78, 5) is 10.1. The highest BCUT2D eigenvalue weighted by Crippen LogP contribution is 2.28. The molecule has 3 heterocycles. The van der Waals surface area contributed by atoms with E-state index in [2.05, 4.69) is 20.1 Å². The van der Waals surface area contributed by atoms with Gasteiger partial charge in [0.1, 0.15) is 0 Å². The van der Waals surface area contributed by atoms with Crippen LogP contribution in [0.15, 0.2) is 58.9 Å². The number of fused-ring (bicyclic) bond motifs is 2. The van der Waals surface area contributed by atoms with Gasteiger partial charge < -0.3 is 0 Å². The van der Waals surface area contributed by atoms with Crippen LogP contribution in [-0.2, 0) is 10.0 Å². The fourth-order valence-corrected chi connectivity index (χ4v) is 6.04. The molecule has 9 heteroatoms. The van der Waals surface area contributed by atoms with E-state index in [-0.39, 0.29) is 4.90 Å². The van der Waals surface area contributed by atoms with Gasteiger partial charge in [-0.25, -0.2) is 18.4 Å². The first kappa shape index (κ1) is 18.3. The van der Waals surface area contributed by atoms with E-state index in [9.17, 15) is 8.42 Å². The number of nitrogens with one attached hydrogen (secondary N) is 1. The van der Waals surface area contributed by atoms with Gasteiger partial charge in [0.15, 0.2) is 4.96 Å². The van der Waals surface area contributed by atoms with Crippen molar-refractivity contribution in [1.29, 1.82) is 0 Å². The molecule has 3 aromatic heterocycles. The molecule has 146 valence electrons. The van der Waals surface area contributed by atoms with Gasteiger partial charge in [-0.3, -0.25) is 9.12 Å². The SMILES string of the molecule is Cc1nc2ccc(S(=O)(=O)Nc3cccc(-c4cn5c(C)csc5n4)c3)cc2s1. The Morgan fingerprint density at radius 1 is 1.07 bits per heavy atom. The Balaban J connectivity index is 1.48. The number of thiazole rings is 2. The second-order valence-electron chi connectivity index (χ2n) is 6.70. The summed E-state index contributed by atoms with van der Waals surface area (Å²) in [5, 5.41) is 2.96. The van der Waals surface area contributed by atoms with Crippen molar-refractivity contribution in [3.05, 3.63) is 64.7 Å². The lowest BCUT2D eigenvalue weighted by Crippen LogP contribution is -2.12. The number of hydrogen-bond acceptors (Lipinski definition) is 6. The molecule has 5 aromatic rings. The van der Waals surface area contributed by atoms with Crippen molar-refractivity contribution in [3.8, 4) is 11.3 Å². The average molecular weight is 441 g/mol. The molecule has 0 amide bonds. The lowest BCUT2D eigenvalue weighted by Gasteiger charge is -2.09. The molecule has 0 aliphatic rings. The minimum Gasteiger partial charge on any atom is -0.294 e. The molecule has 29 heavy (non-hydrogen) atoms. The third kappa shape index (κ3) is 3.31. The summed E-state index contributed by atoms with van der Waals surface area (Å²) >= 11 is 3.06. The Labute approximate surface area is 175 Å². The lowest BCUT2D eigenvalue weighted by molar-refractivity contribution is 0.601. The van der Waals surface area contributed by atoms with Crippen molar-refractivity contribution in [2.24, 2.45) is 0 Å². The summed E-state index contributed by atoms with van der Waals surface area (Å²) in [6.45, 7) is 3.94. The number of aromatic nitrogens is 3. The van der Waals surface area contributed by atoms with Crippen LogP contribution in [0.4, 0.5) is 5.69 Å². The van der Waals surface area contributed by atoms with Crippen LogP contribution in [0, 0.1) is 13.8 Å². The number of sulfonamides is 1. The highest BCUT2D eigenvalue weighted by atomic mass is 32.2. The maximum atomic E-state index is 12.9. The van der Waals surface area contributed by atoms with Gasteiger partial charge in [0.25, 0.3) is 10.0 Å². The van der Waals surface area contributed by atoms with Crippen molar-refractivity contribution >= 4 is 53.6 Å². The van der Waals surface area contributed by atoms with Gasteiger partial charge in [0.2, 0.25) is 0 Å². The van der Waals surface area contributed by atoms with Crippen LogP contribution in [0.25, 0.3) is 26.4 Å². The zero-order valence-electron chi connectivity index (χ0n) is 15.6. The number of aryl methyl sites for hydroxylation is 2. The summed E-state index contributed by atoms with van der Waals surface area (Å²) in [6.07, 6.45) is 1.97. The van der Waals surface area contributed by atoms with E-state index >= 15 is 0 Å². The Bertz CT molecular complexity index is 1480. The predicted molar refractivity (Wildman–Crippen MR) is 118 cm³/mol. The van der Waals surface area contributed by atoms with E-state index in [4.69, 9.17) is 0 Å². The third-order valence-corrected chi connectivity index (χ3v) is 7.85. The summed E-state index contributed by atoms with van der Waals surface area (Å²) in [5.74, 6) is 0. The molecule has 0 spiro atoms. The van der Waals surface area contributed by atoms with Crippen LogP contribution in [0.1, 0.15) is 10.7 Å². The average Bonchev–Trinajstić information content (AvgIpc) is 3.36. The fourth-order valence-electron chi connectivity index (χ4n) is 3.18. The predicted octanol–water partition coefficient (Wildman–Crippen LogP) is 5.09. The van der Waals surface area contributed by atoms with Crippen LogP contribution >= 0.6 is 22.7 Å². The number of hydrogen-bond donors (Lipinski definition) is 1. The Hall–Kier alpha value is -2.75. The molecule has 0 fully saturated rings. The Kier molecular flexibility index (Phi) is 4.19. The van der Waals surface area contributed by atoms with Gasteiger partial charge in [-0.15, -0.1) is 22.7 Å². The van der Waals surface area contributed by atoms with E-state index in [0.29, 0.717) is 5.69 Å². The molecule has 0 atom stereocenters. The zero-order chi connectivity index (χ0) is 20.2. The molecular weight excluding hydrogens is 424 g/mol. The van der Waals surface area contributed by atoms with E-state index in [0.717, 1.165) is 37.1 Å². The highest BCUT2D eigenvalue weighted by Gasteiger charge is 2.16. The summed E-state index contributed by atoms with van der Waals surface area (Å²) in [7, 11) is -3.71. The molecule has 0 aliphatic carbocycles. The molecular formula is C20H16N4O2S3. The van der Waals surface area contributed by atoms with Crippen LogP contribution < -0.4 is 4.72 Å². The quantitative estimate of drug-likeness (QED) is 0.422. The lowest BCUT2D eigenvalue weighted by atomic mass is 10.1. The van der Waals surface area contributed by atoms with E-state index < -0.39 is 10.0 Å². The zero-order valence-corrected chi connectivity index (χ0v) is 18.0.